The minimum absolute atomic E-state index is 0.280. The number of carbonyl (C=O) groups excluding carboxylic acids is 1. The highest BCUT2D eigenvalue weighted by Crippen LogP contribution is 2.19. The summed E-state index contributed by atoms with van der Waals surface area (Å²) in [5.41, 5.74) is 0. The van der Waals surface area contributed by atoms with Crippen LogP contribution in [0, 0.1) is 5.92 Å². The largest absolute Gasteiger partial charge is 0.462 e. The fourth-order valence-electron chi connectivity index (χ4n) is 2.82. The van der Waals surface area contributed by atoms with Gasteiger partial charge in [-0.1, -0.05) is 91.1 Å². The van der Waals surface area contributed by atoms with Gasteiger partial charge in [-0.2, -0.15) is 0 Å². The number of ether oxygens (including phenoxy) is 1. The van der Waals surface area contributed by atoms with E-state index in [9.17, 15) is 4.79 Å². The van der Waals surface area contributed by atoms with Gasteiger partial charge in [-0.3, -0.25) is 0 Å². The third-order valence-corrected chi connectivity index (χ3v) is 4.31. The minimum atomic E-state index is -0.280. The molecular weight excluding hydrogens is 272 g/mol. The highest BCUT2D eigenvalue weighted by atomic mass is 16.5. The second kappa shape index (κ2) is 16.6. The van der Waals surface area contributed by atoms with Gasteiger partial charge in [0.1, 0.15) is 0 Å². The van der Waals surface area contributed by atoms with E-state index in [2.05, 4.69) is 20.4 Å². The Kier molecular flexibility index (Phi) is 16.0. The molecule has 0 aliphatic rings. The van der Waals surface area contributed by atoms with Crippen LogP contribution in [0.15, 0.2) is 12.7 Å². The lowest BCUT2D eigenvalue weighted by atomic mass is 9.95. The zero-order valence-electron chi connectivity index (χ0n) is 15.1. The Bertz CT molecular complexity index is 260. The average Bonchev–Trinajstić information content (AvgIpc) is 2.54. The molecule has 0 aromatic carbocycles. The number of hydrogen-bond acceptors (Lipinski definition) is 2. The lowest BCUT2D eigenvalue weighted by molar-refractivity contribution is -0.139. The van der Waals surface area contributed by atoms with Crippen LogP contribution in [-0.4, -0.2) is 12.6 Å². The molecule has 0 aromatic rings. The normalized spacial score (nSPS) is 12.1. The quantitative estimate of drug-likeness (QED) is 0.186. The van der Waals surface area contributed by atoms with Crippen molar-refractivity contribution >= 4 is 5.97 Å². The van der Waals surface area contributed by atoms with Crippen LogP contribution in [0.5, 0.6) is 0 Å². The molecule has 0 spiro atoms. The van der Waals surface area contributed by atoms with E-state index in [1.807, 2.05) is 0 Å². The van der Waals surface area contributed by atoms with Crippen LogP contribution >= 0.6 is 0 Å². The molecule has 0 fully saturated rings. The number of rotatable bonds is 16. The van der Waals surface area contributed by atoms with Crippen molar-refractivity contribution in [1.82, 2.24) is 0 Å². The molecule has 2 nitrogen and oxygen atoms in total. The van der Waals surface area contributed by atoms with Crippen molar-refractivity contribution in [3.05, 3.63) is 12.7 Å². The molecule has 0 aliphatic heterocycles. The van der Waals surface area contributed by atoms with Gasteiger partial charge in [0, 0.05) is 6.08 Å². The fraction of sp³-hybridized carbons (Fsp3) is 0.850. The molecule has 0 aromatic heterocycles. The van der Waals surface area contributed by atoms with Crippen LogP contribution in [-0.2, 0) is 9.53 Å². The van der Waals surface area contributed by atoms with E-state index >= 15 is 0 Å². The van der Waals surface area contributed by atoms with Crippen LogP contribution in [0.2, 0.25) is 0 Å². The summed E-state index contributed by atoms with van der Waals surface area (Å²) in [6.07, 6.45) is 18.2. The first-order chi connectivity index (χ1) is 10.7. The molecule has 0 amide bonds. The Labute approximate surface area is 138 Å². The number of unbranched alkanes of at least 4 members (excludes halogenated alkanes) is 9. The number of hydrogen-bond donors (Lipinski definition) is 0. The molecule has 0 radical (unpaired) electrons. The SMILES string of the molecule is C=CC(=O)OCC(CCCCCC)CCCCCCCCC. The van der Waals surface area contributed by atoms with Crippen molar-refractivity contribution in [2.75, 3.05) is 6.61 Å². The highest BCUT2D eigenvalue weighted by molar-refractivity contribution is 5.81. The summed E-state index contributed by atoms with van der Waals surface area (Å²) in [5, 5.41) is 0. The molecule has 0 bridgehead atoms. The Morgan fingerprint density at radius 3 is 1.82 bits per heavy atom. The van der Waals surface area contributed by atoms with Crippen molar-refractivity contribution in [2.45, 2.75) is 97.3 Å². The van der Waals surface area contributed by atoms with Crippen molar-refractivity contribution in [2.24, 2.45) is 5.92 Å². The third-order valence-electron chi connectivity index (χ3n) is 4.31. The van der Waals surface area contributed by atoms with E-state index in [0.29, 0.717) is 12.5 Å². The number of carbonyl (C=O) groups is 1. The van der Waals surface area contributed by atoms with Crippen molar-refractivity contribution in [1.29, 1.82) is 0 Å². The lowest BCUT2D eigenvalue weighted by Crippen LogP contribution is -2.13. The maximum Gasteiger partial charge on any atom is 0.330 e. The predicted molar refractivity (Wildman–Crippen MR) is 96.0 cm³/mol. The third kappa shape index (κ3) is 14.2. The highest BCUT2D eigenvalue weighted by Gasteiger charge is 2.10. The zero-order chi connectivity index (χ0) is 16.5. The second-order valence-corrected chi connectivity index (χ2v) is 6.46. The topological polar surface area (TPSA) is 26.3 Å². The van der Waals surface area contributed by atoms with Crippen molar-refractivity contribution < 1.29 is 9.53 Å². The Morgan fingerprint density at radius 1 is 0.864 bits per heavy atom. The van der Waals surface area contributed by atoms with Gasteiger partial charge < -0.3 is 4.74 Å². The van der Waals surface area contributed by atoms with Gasteiger partial charge in [0.2, 0.25) is 0 Å². The summed E-state index contributed by atoms with van der Waals surface area (Å²) < 4.78 is 5.26. The summed E-state index contributed by atoms with van der Waals surface area (Å²) in [5.74, 6) is 0.259. The van der Waals surface area contributed by atoms with E-state index in [1.165, 1.54) is 89.5 Å². The fourth-order valence-corrected chi connectivity index (χ4v) is 2.82. The number of esters is 1. The first-order valence-corrected chi connectivity index (χ1v) is 9.53. The van der Waals surface area contributed by atoms with E-state index < -0.39 is 0 Å². The Hall–Kier alpha value is -0.790. The standard InChI is InChI=1S/C20H38O2/c1-4-7-9-11-12-13-15-17-19(16-14-10-8-5-2)18-22-20(21)6-3/h6,19H,3-5,7-18H2,1-2H3. The summed E-state index contributed by atoms with van der Waals surface area (Å²) in [7, 11) is 0. The summed E-state index contributed by atoms with van der Waals surface area (Å²) in [4.78, 5) is 11.2. The van der Waals surface area contributed by atoms with Gasteiger partial charge in [-0.05, 0) is 18.8 Å². The molecule has 1 atom stereocenters. The molecule has 0 aliphatic carbocycles. The molecule has 22 heavy (non-hydrogen) atoms. The monoisotopic (exact) mass is 310 g/mol. The van der Waals surface area contributed by atoms with Gasteiger partial charge in [0.05, 0.1) is 6.61 Å². The van der Waals surface area contributed by atoms with Gasteiger partial charge in [-0.15, -0.1) is 0 Å². The Balaban J connectivity index is 3.80. The van der Waals surface area contributed by atoms with Gasteiger partial charge in [0.15, 0.2) is 0 Å². The average molecular weight is 311 g/mol. The van der Waals surface area contributed by atoms with Gasteiger partial charge >= 0.3 is 5.97 Å². The molecule has 1 unspecified atom stereocenters. The molecular formula is C20H38O2. The van der Waals surface area contributed by atoms with Crippen LogP contribution in [0.1, 0.15) is 97.3 Å². The van der Waals surface area contributed by atoms with Crippen LogP contribution < -0.4 is 0 Å². The van der Waals surface area contributed by atoms with E-state index in [0.717, 1.165) is 0 Å². The molecule has 0 N–H and O–H groups in total. The first kappa shape index (κ1) is 21.2. The Morgan fingerprint density at radius 2 is 1.32 bits per heavy atom. The maximum absolute atomic E-state index is 11.2. The van der Waals surface area contributed by atoms with Crippen LogP contribution in [0.25, 0.3) is 0 Å². The van der Waals surface area contributed by atoms with Crippen molar-refractivity contribution in [3.8, 4) is 0 Å². The summed E-state index contributed by atoms with van der Waals surface area (Å²) in [6, 6.07) is 0. The molecule has 130 valence electrons. The minimum Gasteiger partial charge on any atom is -0.462 e. The molecule has 0 heterocycles. The van der Waals surface area contributed by atoms with Gasteiger partial charge in [-0.25, -0.2) is 4.79 Å². The van der Waals surface area contributed by atoms with Crippen molar-refractivity contribution in [3.63, 3.8) is 0 Å². The first-order valence-electron chi connectivity index (χ1n) is 9.53. The lowest BCUT2D eigenvalue weighted by Gasteiger charge is -2.16. The van der Waals surface area contributed by atoms with Crippen LogP contribution in [0.4, 0.5) is 0 Å². The maximum atomic E-state index is 11.2. The summed E-state index contributed by atoms with van der Waals surface area (Å²) >= 11 is 0. The molecule has 0 rings (SSSR count). The van der Waals surface area contributed by atoms with E-state index in [1.54, 1.807) is 0 Å². The summed E-state index contributed by atoms with van der Waals surface area (Å²) in [6.45, 7) is 8.53. The van der Waals surface area contributed by atoms with Gasteiger partial charge in [0.25, 0.3) is 0 Å². The van der Waals surface area contributed by atoms with E-state index in [-0.39, 0.29) is 5.97 Å². The molecule has 0 saturated carbocycles. The second-order valence-electron chi connectivity index (χ2n) is 6.46. The van der Waals surface area contributed by atoms with E-state index in [4.69, 9.17) is 4.74 Å². The molecule has 2 heteroatoms. The van der Waals surface area contributed by atoms with Crippen LogP contribution in [0.3, 0.4) is 0 Å². The zero-order valence-corrected chi connectivity index (χ0v) is 15.1. The smallest absolute Gasteiger partial charge is 0.330 e. The molecule has 0 saturated heterocycles. The predicted octanol–water partition coefficient (Wildman–Crippen LogP) is 6.44.